The van der Waals surface area contributed by atoms with Crippen LogP contribution in [0.15, 0.2) is 0 Å². The van der Waals surface area contributed by atoms with Gasteiger partial charge in [-0.15, -0.1) is 11.6 Å². The first-order valence-electron chi connectivity index (χ1n) is 6.02. The maximum atomic E-state index is 12.7. The Morgan fingerprint density at radius 1 is 1.05 bits per heavy atom. The van der Waals surface area contributed by atoms with Crippen molar-refractivity contribution in [3.05, 3.63) is 0 Å². The molecule has 2 fully saturated rings. The van der Waals surface area contributed by atoms with E-state index in [0.717, 1.165) is 0 Å². The first-order chi connectivity index (χ1) is 8.88. The van der Waals surface area contributed by atoms with Crippen molar-refractivity contribution >= 4 is 34.2 Å². The number of halogens is 8. The van der Waals surface area contributed by atoms with Gasteiger partial charge >= 0.3 is 12.4 Å². The van der Waals surface area contributed by atoms with Gasteiger partial charge in [0.15, 0.2) is 0 Å². The molecule has 5 unspecified atom stereocenters. The molecular weight excluding hydrogens is 424 g/mol. The predicted octanol–water partition coefficient (Wildman–Crippen LogP) is 4.30. The van der Waals surface area contributed by atoms with Crippen molar-refractivity contribution in [3.8, 4) is 0 Å². The van der Waals surface area contributed by atoms with Gasteiger partial charge in [0.05, 0.1) is 0 Å². The van der Waals surface area contributed by atoms with Gasteiger partial charge in [-0.1, -0.05) is 22.6 Å². The maximum Gasteiger partial charge on any atom is 0.426 e. The molecule has 0 radical (unpaired) electrons. The van der Waals surface area contributed by atoms with E-state index in [9.17, 15) is 31.4 Å². The minimum absolute atomic E-state index is 0.0406. The van der Waals surface area contributed by atoms with E-state index in [1.807, 2.05) is 22.6 Å². The Hall–Kier alpha value is 0.560. The van der Waals surface area contributed by atoms with E-state index in [1.54, 1.807) is 0 Å². The lowest BCUT2D eigenvalue weighted by atomic mass is 9.79. The molecule has 2 bridgehead atoms. The molecule has 0 aliphatic heterocycles. The fourth-order valence-corrected chi connectivity index (χ4v) is 5.24. The van der Waals surface area contributed by atoms with Gasteiger partial charge in [-0.2, -0.15) is 26.3 Å². The van der Waals surface area contributed by atoms with Crippen LogP contribution in [0.5, 0.6) is 0 Å². The number of aliphatic hydroxyl groups is 1. The Labute approximate surface area is 130 Å². The Balaban J connectivity index is 2.26. The topological polar surface area (TPSA) is 20.2 Å². The van der Waals surface area contributed by atoms with Gasteiger partial charge in [0.1, 0.15) is 0 Å². The van der Waals surface area contributed by atoms with Crippen molar-refractivity contribution in [2.24, 2.45) is 17.8 Å². The van der Waals surface area contributed by atoms with E-state index in [2.05, 4.69) is 0 Å². The second-order valence-corrected chi connectivity index (χ2v) is 7.58. The fraction of sp³-hybridized carbons (Fsp3) is 1.00. The molecule has 0 aromatic heterocycles. The molecule has 0 heterocycles. The minimum atomic E-state index is -5.74. The monoisotopic (exact) mass is 436 g/mol. The minimum Gasteiger partial charge on any atom is -0.374 e. The van der Waals surface area contributed by atoms with Gasteiger partial charge in [-0.05, 0) is 37.0 Å². The van der Waals surface area contributed by atoms with Crippen LogP contribution >= 0.6 is 34.2 Å². The second-order valence-electron chi connectivity index (χ2n) is 5.58. The average Bonchev–Trinajstić information content (AvgIpc) is 2.74. The summed E-state index contributed by atoms with van der Waals surface area (Å²) in [6.07, 6.45) is -11.7. The largest absolute Gasteiger partial charge is 0.426 e. The van der Waals surface area contributed by atoms with Crippen LogP contribution in [-0.4, -0.2) is 32.4 Å². The van der Waals surface area contributed by atoms with Crippen LogP contribution in [0.25, 0.3) is 0 Å². The Morgan fingerprint density at radius 2 is 1.55 bits per heavy atom. The zero-order valence-electron chi connectivity index (χ0n) is 9.98. The molecule has 5 atom stereocenters. The highest BCUT2D eigenvalue weighted by Crippen LogP contribution is 2.58. The molecule has 1 nitrogen and oxygen atoms in total. The molecule has 118 valence electrons. The molecule has 2 aliphatic carbocycles. The van der Waals surface area contributed by atoms with Crippen molar-refractivity contribution in [1.82, 2.24) is 0 Å². The fourth-order valence-electron chi connectivity index (χ4n) is 3.34. The van der Waals surface area contributed by atoms with Crippen LogP contribution < -0.4 is 0 Å². The van der Waals surface area contributed by atoms with Crippen molar-refractivity contribution < 1.29 is 31.4 Å². The van der Waals surface area contributed by atoms with Gasteiger partial charge in [0, 0.05) is 9.30 Å². The van der Waals surface area contributed by atoms with Gasteiger partial charge in [-0.25, -0.2) is 0 Å². The zero-order valence-corrected chi connectivity index (χ0v) is 12.9. The molecule has 2 rings (SSSR count). The number of hydrogen-bond acceptors (Lipinski definition) is 1. The molecule has 20 heavy (non-hydrogen) atoms. The molecule has 0 amide bonds. The SMILES string of the molecule is OC(CC1C(I)C2CC(Cl)C1C2)(C(F)(F)F)C(F)(F)F. The van der Waals surface area contributed by atoms with Crippen molar-refractivity contribution in [2.45, 2.75) is 46.5 Å². The molecule has 0 aromatic rings. The predicted molar refractivity (Wildman–Crippen MR) is 68.8 cm³/mol. The highest BCUT2D eigenvalue weighted by atomic mass is 127. The zero-order chi connectivity index (χ0) is 15.5. The van der Waals surface area contributed by atoms with Crippen LogP contribution in [0.1, 0.15) is 19.3 Å². The highest BCUT2D eigenvalue weighted by molar-refractivity contribution is 14.1. The van der Waals surface area contributed by atoms with Crippen molar-refractivity contribution in [3.63, 3.8) is 0 Å². The smallest absolute Gasteiger partial charge is 0.374 e. The maximum absolute atomic E-state index is 12.7. The molecule has 0 spiro atoms. The third kappa shape index (κ3) is 2.53. The summed E-state index contributed by atoms with van der Waals surface area (Å²) >= 11 is 7.87. The highest BCUT2D eigenvalue weighted by Gasteiger charge is 2.72. The van der Waals surface area contributed by atoms with E-state index in [-0.39, 0.29) is 15.8 Å². The number of fused-ring (bicyclic) bond motifs is 2. The average molecular weight is 437 g/mol. The number of alkyl halides is 8. The first kappa shape index (κ1) is 16.9. The Bertz CT molecular complexity index is 370. The lowest BCUT2D eigenvalue weighted by Crippen LogP contribution is -2.58. The van der Waals surface area contributed by atoms with E-state index in [0.29, 0.717) is 12.8 Å². The van der Waals surface area contributed by atoms with Crippen molar-refractivity contribution in [2.75, 3.05) is 0 Å². The summed E-state index contributed by atoms with van der Waals surface area (Å²) < 4.78 is 76.0. The second kappa shape index (κ2) is 5.04. The molecule has 2 saturated carbocycles. The van der Waals surface area contributed by atoms with E-state index >= 15 is 0 Å². The summed E-state index contributed by atoms with van der Waals surface area (Å²) in [5, 5.41) is 8.88. The van der Waals surface area contributed by atoms with E-state index in [1.165, 1.54) is 0 Å². The summed E-state index contributed by atoms with van der Waals surface area (Å²) in [7, 11) is 0. The third-order valence-corrected chi connectivity index (χ3v) is 6.89. The van der Waals surface area contributed by atoms with Gasteiger partial charge < -0.3 is 5.11 Å². The third-order valence-electron chi connectivity index (χ3n) is 4.45. The van der Waals surface area contributed by atoms with E-state index in [4.69, 9.17) is 11.6 Å². The Morgan fingerprint density at radius 3 is 1.95 bits per heavy atom. The van der Waals surface area contributed by atoms with Gasteiger partial charge in [-0.3, -0.25) is 0 Å². The summed E-state index contributed by atoms with van der Waals surface area (Å²) in [5.74, 6) is -1.22. The molecule has 2 aliphatic rings. The van der Waals surface area contributed by atoms with Gasteiger partial charge in [0.2, 0.25) is 0 Å². The Kier molecular flexibility index (Phi) is 4.27. The summed E-state index contributed by atoms with van der Waals surface area (Å²) in [6.45, 7) is 0. The molecule has 9 heteroatoms. The quantitative estimate of drug-likeness (QED) is 0.389. The summed E-state index contributed by atoms with van der Waals surface area (Å²) in [4.78, 5) is 0. The van der Waals surface area contributed by atoms with Crippen LogP contribution in [0.2, 0.25) is 0 Å². The van der Waals surface area contributed by atoms with Crippen molar-refractivity contribution in [1.29, 1.82) is 0 Å². The summed E-state index contributed by atoms with van der Waals surface area (Å²) in [6, 6.07) is 0. The number of rotatable bonds is 2. The normalized spacial score (nSPS) is 38.5. The number of hydrogen-bond donors (Lipinski definition) is 1. The lowest BCUT2D eigenvalue weighted by molar-refractivity contribution is -0.373. The van der Waals surface area contributed by atoms with Gasteiger partial charge in [0.25, 0.3) is 5.60 Å². The van der Waals surface area contributed by atoms with E-state index < -0.39 is 35.7 Å². The lowest BCUT2D eigenvalue weighted by Gasteiger charge is -2.38. The first-order valence-corrected chi connectivity index (χ1v) is 7.70. The molecule has 0 saturated heterocycles. The van der Waals surface area contributed by atoms with Crippen LogP contribution in [0.4, 0.5) is 26.3 Å². The summed E-state index contributed by atoms with van der Waals surface area (Å²) in [5.41, 5.74) is -4.66. The molecular formula is C11H12ClF6IO. The molecule has 0 aromatic carbocycles. The standard InChI is InChI=1S/C11H12ClF6IO/c12-7-2-4-1-5(7)6(8(4)19)3-9(20,10(13,14)15)11(16,17)18/h4-8,20H,1-3H2. The van der Waals surface area contributed by atoms with Crippen LogP contribution in [-0.2, 0) is 0 Å². The van der Waals surface area contributed by atoms with Crippen LogP contribution in [0.3, 0.4) is 0 Å². The molecule has 1 N–H and O–H groups in total. The van der Waals surface area contributed by atoms with Crippen LogP contribution in [0, 0.1) is 17.8 Å².